The van der Waals surface area contributed by atoms with Crippen molar-refractivity contribution in [1.29, 1.82) is 0 Å². The fraction of sp³-hybridized carbons (Fsp3) is 1.00. The maximum absolute atomic E-state index is 3.73. The second kappa shape index (κ2) is 4.42. The highest BCUT2D eigenvalue weighted by atomic mass is 32.2. The van der Waals surface area contributed by atoms with Gasteiger partial charge in [-0.25, -0.2) is 0 Å². The van der Waals surface area contributed by atoms with Crippen molar-refractivity contribution in [3.05, 3.63) is 0 Å². The molecule has 0 spiro atoms. The lowest BCUT2D eigenvalue weighted by molar-refractivity contribution is 0.392. The molecule has 0 bridgehead atoms. The van der Waals surface area contributed by atoms with E-state index in [0.717, 1.165) is 6.04 Å². The normalized spacial score (nSPS) is 39.4. The summed E-state index contributed by atoms with van der Waals surface area (Å²) in [5.41, 5.74) is 0. The van der Waals surface area contributed by atoms with Gasteiger partial charge < -0.3 is 10.2 Å². The number of nitrogens with one attached hydrogen (secondary N) is 1. The molecular formula is C11H22N2S. The molecule has 0 aliphatic carbocycles. The average molecular weight is 214 g/mol. The predicted octanol–water partition coefficient (Wildman–Crippen LogP) is 1.57. The van der Waals surface area contributed by atoms with Crippen molar-refractivity contribution in [1.82, 2.24) is 10.2 Å². The molecule has 0 amide bonds. The fourth-order valence-electron chi connectivity index (χ4n) is 2.44. The van der Waals surface area contributed by atoms with Gasteiger partial charge in [-0.05, 0) is 45.5 Å². The standard InChI is InChI=1S/C11H22N2S/c1-11(5-3-7-14-11)9-12-10-4-6-13(2)8-10/h10,12H,3-9H2,1-2H3. The quantitative estimate of drug-likeness (QED) is 0.768. The van der Waals surface area contributed by atoms with Crippen LogP contribution in [0.25, 0.3) is 0 Å². The molecule has 0 aromatic heterocycles. The summed E-state index contributed by atoms with van der Waals surface area (Å²) in [7, 11) is 2.22. The number of rotatable bonds is 3. The van der Waals surface area contributed by atoms with Gasteiger partial charge in [0.25, 0.3) is 0 Å². The average Bonchev–Trinajstić information content (AvgIpc) is 2.73. The fourth-order valence-corrected chi connectivity index (χ4v) is 3.69. The first-order valence-corrected chi connectivity index (χ1v) is 6.72. The maximum Gasteiger partial charge on any atom is 0.0256 e. The third kappa shape index (κ3) is 2.65. The number of nitrogens with zero attached hydrogens (tertiary/aromatic N) is 1. The third-order valence-corrected chi connectivity index (χ3v) is 4.99. The number of likely N-dealkylation sites (tertiary alicyclic amines) is 1. The lowest BCUT2D eigenvalue weighted by atomic mass is 10.1. The Bertz CT molecular complexity index is 190. The second-order valence-corrected chi connectivity index (χ2v) is 6.71. The van der Waals surface area contributed by atoms with Crippen molar-refractivity contribution < 1.29 is 0 Å². The van der Waals surface area contributed by atoms with Crippen LogP contribution in [0, 0.1) is 0 Å². The first-order chi connectivity index (χ1) is 6.68. The Labute approximate surface area is 91.8 Å². The van der Waals surface area contributed by atoms with Crippen LogP contribution < -0.4 is 5.32 Å². The van der Waals surface area contributed by atoms with Gasteiger partial charge in [0.15, 0.2) is 0 Å². The van der Waals surface area contributed by atoms with E-state index in [1.165, 1.54) is 44.6 Å². The highest BCUT2D eigenvalue weighted by molar-refractivity contribution is 8.00. The van der Waals surface area contributed by atoms with E-state index < -0.39 is 0 Å². The molecule has 1 N–H and O–H groups in total. The van der Waals surface area contributed by atoms with Gasteiger partial charge in [-0.1, -0.05) is 0 Å². The topological polar surface area (TPSA) is 15.3 Å². The molecule has 0 aromatic carbocycles. The minimum Gasteiger partial charge on any atom is -0.311 e. The molecule has 2 aliphatic heterocycles. The smallest absolute Gasteiger partial charge is 0.0256 e. The molecule has 0 aromatic rings. The van der Waals surface area contributed by atoms with Crippen molar-refractivity contribution in [2.24, 2.45) is 0 Å². The summed E-state index contributed by atoms with van der Waals surface area (Å²) >= 11 is 2.15. The Morgan fingerprint density at radius 1 is 1.57 bits per heavy atom. The highest BCUT2D eigenvalue weighted by Crippen LogP contribution is 2.37. The molecule has 2 fully saturated rings. The molecule has 0 radical (unpaired) electrons. The zero-order chi connectivity index (χ0) is 10.0. The van der Waals surface area contributed by atoms with E-state index in [-0.39, 0.29) is 0 Å². The zero-order valence-electron chi connectivity index (χ0n) is 9.38. The molecule has 2 rings (SSSR count). The molecule has 14 heavy (non-hydrogen) atoms. The molecule has 2 saturated heterocycles. The lowest BCUT2D eigenvalue weighted by Crippen LogP contribution is -2.40. The molecular weight excluding hydrogens is 192 g/mol. The van der Waals surface area contributed by atoms with Crippen LogP contribution in [0.15, 0.2) is 0 Å². The zero-order valence-corrected chi connectivity index (χ0v) is 10.2. The van der Waals surface area contributed by atoms with Gasteiger partial charge in [0.1, 0.15) is 0 Å². The van der Waals surface area contributed by atoms with Crippen LogP contribution in [0.4, 0.5) is 0 Å². The Morgan fingerprint density at radius 3 is 3.00 bits per heavy atom. The summed E-state index contributed by atoms with van der Waals surface area (Å²) in [6, 6.07) is 0.748. The number of likely N-dealkylation sites (N-methyl/N-ethyl adjacent to an activating group) is 1. The van der Waals surface area contributed by atoms with Crippen molar-refractivity contribution >= 4 is 11.8 Å². The SMILES string of the molecule is CN1CCC(NCC2(C)CCCS2)C1. The Balaban J connectivity index is 1.71. The van der Waals surface area contributed by atoms with Crippen LogP contribution in [0.5, 0.6) is 0 Å². The molecule has 2 unspecified atom stereocenters. The first kappa shape index (κ1) is 10.8. The number of hydrogen-bond donors (Lipinski definition) is 1. The van der Waals surface area contributed by atoms with Crippen molar-refractivity contribution in [3.63, 3.8) is 0 Å². The van der Waals surface area contributed by atoms with Gasteiger partial charge in [0, 0.05) is 23.9 Å². The van der Waals surface area contributed by atoms with E-state index >= 15 is 0 Å². The van der Waals surface area contributed by atoms with Crippen LogP contribution in [0.1, 0.15) is 26.2 Å². The number of thioether (sulfide) groups is 1. The van der Waals surface area contributed by atoms with Crippen molar-refractivity contribution in [2.45, 2.75) is 37.0 Å². The van der Waals surface area contributed by atoms with E-state index in [0.29, 0.717) is 4.75 Å². The summed E-state index contributed by atoms with van der Waals surface area (Å²) in [6.45, 7) is 6.12. The van der Waals surface area contributed by atoms with Gasteiger partial charge in [-0.3, -0.25) is 0 Å². The third-order valence-electron chi connectivity index (χ3n) is 3.46. The van der Waals surface area contributed by atoms with E-state index in [1.54, 1.807) is 0 Å². The van der Waals surface area contributed by atoms with Gasteiger partial charge in [-0.15, -0.1) is 0 Å². The van der Waals surface area contributed by atoms with E-state index in [2.05, 4.69) is 35.9 Å². The minimum absolute atomic E-state index is 0.529. The second-order valence-electron chi connectivity index (χ2n) is 5.03. The van der Waals surface area contributed by atoms with Gasteiger partial charge >= 0.3 is 0 Å². The summed E-state index contributed by atoms with van der Waals surface area (Å²) in [4.78, 5) is 2.42. The van der Waals surface area contributed by atoms with Gasteiger partial charge in [-0.2, -0.15) is 11.8 Å². The molecule has 0 saturated carbocycles. The van der Waals surface area contributed by atoms with Crippen LogP contribution in [-0.2, 0) is 0 Å². The van der Waals surface area contributed by atoms with Crippen LogP contribution >= 0.6 is 11.8 Å². The van der Waals surface area contributed by atoms with Crippen LogP contribution in [-0.4, -0.2) is 48.1 Å². The maximum atomic E-state index is 3.73. The monoisotopic (exact) mass is 214 g/mol. The molecule has 2 atom stereocenters. The van der Waals surface area contributed by atoms with E-state index in [4.69, 9.17) is 0 Å². The molecule has 2 heterocycles. The van der Waals surface area contributed by atoms with E-state index in [9.17, 15) is 0 Å². The summed E-state index contributed by atoms with van der Waals surface area (Å²) in [5, 5.41) is 3.73. The molecule has 82 valence electrons. The van der Waals surface area contributed by atoms with Crippen LogP contribution in [0.3, 0.4) is 0 Å². The van der Waals surface area contributed by atoms with Crippen molar-refractivity contribution in [2.75, 3.05) is 32.4 Å². The van der Waals surface area contributed by atoms with Crippen LogP contribution in [0.2, 0.25) is 0 Å². The van der Waals surface area contributed by atoms with Gasteiger partial charge in [0.2, 0.25) is 0 Å². The Hall–Kier alpha value is 0.270. The van der Waals surface area contributed by atoms with Crippen molar-refractivity contribution in [3.8, 4) is 0 Å². The van der Waals surface area contributed by atoms with Gasteiger partial charge in [0.05, 0.1) is 0 Å². The predicted molar refractivity (Wildman–Crippen MR) is 64.0 cm³/mol. The molecule has 3 heteroatoms. The largest absolute Gasteiger partial charge is 0.311 e. The minimum atomic E-state index is 0.529. The summed E-state index contributed by atoms with van der Waals surface area (Å²) in [6.07, 6.45) is 4.14. The summed E-state index contributed by atoms with van der Waals surface area (Å²) in [5.74, 6) is 1.36. The number of hydrogen-bond acceptors (Lipinski definition) is 3. The molecule has 2 aliphatic rings. The highest BCUT2D eigenvalue weighted by Gasteiger charge is 2.30. The Morgan fingerprint density at radius 2 is 2.43 bits per heavy atom. The first-order valence-electron chi connectivity index (χ1n) is 5.74. The lowest BCUT2D eigenvalue weighted by Gasteiger charge is -2.25. The van der Waals surface area contributed by atoms with E-state index in [1.807, 2.05) is 0 Å². The summed E-state index contributed by atoms with van der Waals surface area (Å²) < 4.78 is 0.529. The Kier molecular flexibility index (Phi) is 3.40. The molecule has 2 nitrogen and oxygen atoms in total.